The Morgan fingerprint density at radius 3 is 2.63 bits per heavy atom. The van der Waals surface area contributed by atoms with E-state index < -0.39 is 0 Å². The fourth-order valence-electron chi connectivity index (χ4n) is 2.53. The van der Waals surface area contributed by atoms with Crippen molar-refractivity contribution in [3.8, 4) is 0 Å². The van der Waals surface area contributed by atoms with Crippen molar-refractivity contribution >= 4 is 22.3 Å². The molecule has 1 aromatic heterocycles. The van der Waals surface area contributed by atoms with Crippen LogP contribution in [0.5, 0.6) is 0 Å². The van der Waals surface area contributed by atoms with Gasteiger partial charge in [-0.25, -0.2) is 0 Å². The minimum absolute atomic E-state index is 0.719. The molecule has 0 bridgehead atoms. The molecule has 0 aliphatic heterocycles. The molecule has 0 saturated carbocycles. The van der Waals surface area contributed by atoms with Gasteiger partial charge in [-0.2, -0.15) is 5.10 Å². The Labute approximate surface area is 115 Å². The highest BCUT2D eigenvalue weighted by Crippen LogP contribution is 2.29. The maximum Gasteiger partial charge on any atom is 0.0672 e. The van der Waals surface area contributed by atoms with Crippen LogP contribution < -0.4 is 10.6 Å². The van der Waals surface area contributed by atoms with Crippen LogP contribution in [0.15, 0.2) is 18.3 Å². The molecule has 0 radical (unpaired) electrons. The van der Waals surface area contributed by atoms with Crippen LogP contribution >= 0.6 is 0 Å². The molecular formula is C15H24N4. The first-order valence-corrected chi connectivity index (χ1v) is 7.17. The zero-order valence-electron chi connectivity index (χ0n) is 12.1. The van der Waals surface area contributed by atoms with Gasteiger partial charge in [-0.15, -0.1) is 0 Å². The topological polar surface area (TPSA) is 57.9 Å². The third-order valence-corrected chi connectivity index (χ3v) is 3.94. The van der Waals surface area contributed by atoms with Crippen molar-refractivity contribution < 1.29 is 0 Å². The van der Waals surface area contributed by atoms with Crippen molar-refractivity contribution in [2.24, 2.45) is 5.92 Å². The maximum absolute atomic E-state index is 6.20. The smallest absolute Gasteiger partial charge is 0.0672 e. The maximum atomic E-state index is 6.20. The lowest BCUT2D eigenvalue weighted by atomic mass is 10.0. The fraction of sp³-hybridized carbons (Fsp3) is 0.533. The quantitative estimate of drug-likeness (QED) is 0.783. The second-order valence-corrected chi connectivity index (χ2v) is 5.09. The summed E-state index contributed by atoms with van der Waals surface area (Å²) in [6.07, 6.45) is 4.23. The van der Waals surface area contributed by atoms with Crippen LogP contribution in [0, 0.1) is 5.92 Å². The Morgan fingerprint density at radius 2 is 2.00 bits per heavy atom. The Hall–Kier alpha value is -1.71. The third kappa shape index (κ3) is 2.83. The first-order chi connectivity index (χ1) is 9.19. The Kier molecular flexibility index (Phi) is 4.30. The monoisotopic (exact) mass is 260 g/mol. The lowest BCUT2D eigenvalue weighted by molar-refractivity contribution is 0.486. The van der Waals surface area contributed by atoms with Crippen molar-refractivity contribution in [3.63, 3.8) is 0 Å². The normalized spacial score (nSPS) is 11.4. The van der Waals surface area contributed by atoms with E-state index in [0.717, 1.165) is 41.3 Å². The van der Waals surface area contributed by atoms with E-state index in [0.29, 0.717) is 0 Å². The number of nitrogens with two attached hydrogens (primary N) is 1. The van der Waals surface area contributed by atoms with Crippen LogP contribution in [0.3, 0.4) is 0 Å². The summed E-state index contributed by atoms with van der Waals surface area (Å²) in [6.45, 7) is 8.72. The molecule has 0 aliphatic carbocycles. The fourth-order valence-corrected chi connectivity index (χ4v) is 2.53. The van der Waals surface area contributed by atoms with Gasteiger partial charge in [0.2, 0.25) is 0 Å². The average Bonchev–Trinajstić information content (AvgIpc) is 2.87. The first-order valence-electron chi connectivity index (χ1n) is 7.17. The molecule has 0 amide bonds. The molecule has 4 heteroatoms. The lowest BCUT2D eigenvalue weighted by Crippen LogP contribution is -2.29. The van der Waals surface area contributed by atoms with Gasteiger partial charge in [-0.1, -0.05) is 26.7 Å². The summed E-state index contributed by atoms with van der Waals surface area (Å²) in [5.74, 6) is 0.719. The van der Waals surface area contributed by atoms with Crippen LogP contribution in [-0.4, -0.2) is 23.3 Å². The van der Waals surface area contributed by atoms with Crippen LogP contribution in [0.1, 0.15) is 33.6 Å². The number of nitrogens with one attached hydrogen (secondary N) is 1. The van der Waals surface area contributed by atoms with Crippen LogP contribution in [0.4, 0.5) is 11.4 Å². The molecule has 1 heterocycles. The second-order valence-electron chi connectivity index (χ2n) is 5.09. The van der Waals surface area contributed by atoms with E-state index in [1.54, 1.807) is 0 Å². The van der Waals surface area contributed by atoms with E-state index in [-0.39, 0.29) is 0 Å². The number of rotatable bonds is 6. The van der Waals surface area contributed by atoms with Crippen molar-refractivity contribution in [3.05, 3.63) is 18.3 Å². The number of hydrogen-bond donors (Lipinski definition) is 2. The van der Waals surface area contributed by atoms with Crippen molar-refractivity contribution in [2.75, 3.05) is 23.7 Å². The zero-order chi connectivity index (χ0) is 13.8. The number of hydrogen-bond acceptors (Lipinski definition) is 3. The molecule has 0 unspecified atom stereocenters. The summed E-state index contributed by atoms with van der Waals surface area (Å²) in [7, 11) is 0. The van der Waals surface area contributed by atoms with Gasteiger partial charge < -0.3 is 10.6 Å². The molecule has 0 spiro atoms. The number of aromatic amines is 1. The van der Waals surface area contributed by atoms with Crippen LogP contribution in [-0.2, 0) is 0 Å². The number of fused-ring (bicyclic) bond motifs is 1. The number of anilines is 2. The molecular weight excluding hydrogens is 236 g/mol. The number of benzene rings is 1. The zero-order valence-corrected chi connectivity index (χ0v) is 12.1. The number of aromatic nitrogens is 2. The predicted octanol–water partition coefficient (Wildman–Crippen LogP) is 3.41. The van der Waals surface area contributed by atoms with Gasteiger partial charge in [0.1, 0.15) is 0 Å². The molecule has 2 rings (SSSR count). The van der Waals surface area contributed by atoms with E-state index in [2.05, 4.69) is 41.9 Å². The minimum atomic E-state index is 0.719. The Balaban J connectivity index is 2.31. The Bertz CT molecular complexity index is 528. The van der Waals surface area contributed by atoms with Gasteiger partial charge in [0.05, 0.1) is 23.1 Å². The summed E-state index contributed by atoms with van der Waals surface area (Å²) >= 11 is 0. The summed E-state index contributed by atoms with van der Waals surface area (Å²) < 4.78 is 0. The summed E-state index contributed by atoms with van der Waals surface area (Å²) in [5.41, 5.74) is 9.20. The number of nitrogen functional groups attached to an aromatic ring is 1. The number of nitrogens with zero attached hydrogens (tertiary/aromatic N) is 2. The van der Waals surface area contributed by atoms with Crippen molar-refractivity contribution in [1.29, 1.82) is 0 Å². The van der Waals surface area contributed by atoms with Gasteiger partial charge in [0.15, 0.2) is 0 Å². The van der Waals surface area contributed by atoms with Gasteiger partial charge in [0, 0.05) is 18.5 Å². The molecule has 104 valence electrons. The second kappa shape index (κ2) is 5.95. The van der Waals surface area contributed by atoms with Gasteiger partial charge in [-0.3, -0.25) is 5.10 Å². The van der Waals surface area contributed by atoms with E-state index >= 15 is 0 Å². The summed E-state index contributed by atoms with van der Waals surface area (Å²) in [5, 5.41) is 8.15. The SMILES string of the molecule is CCC(CC)CN(CC)c1cc2[nH]ncc2cc1N. The minimum Gasteiger partial charge on any atom is -0.397 e. The van der Waals surface area contributed by atoms with Gasteiger partial charge in [-0.05, 0) is 25.0 Å². The first kappa shape index (κ1) is 13.7. The molecule has 4 nitrogen and oxygen atoms in total. The van der Waals surface area contributed by atoms with Crippen LogP contribution in [0.25, 0.3) is 10.9 Å². The lowest BCUT2D eigenvalue weighted by Gasteiger charge is -2.28. The van der Waals surface area contributed by atoms with E-state index in [1.165, 1.54) is 12.8 Å². The standard InChI is InChI=1S/C15H24N4/c1-4-11(5-2)10-19(6-3)15-8-14-12(7-13(15)16)9-17-18-14/h7-9,11H,4-6,10,16H2,1-3H3,(H,17,18). The molecule has 0 aliphatic rings. The average molecular weight is 260 g/mol. The van der Waals surface area contributed by atoms with Crippen molar-refractivity contribution in [2.45, 2.75) is 33.6 Å². The van der Waals surface area contributed by atoms with Gasteiger partial charge >= 0.3 is 0 Å². The highest BCUT2D eigenvalue weighted by molar-refractivity contribution is 5.88. The molecule has 0 atom stereocenters. The summed E-state index contributed by atoms with van der Waals surface area (Å²) in [4.78, 5) is 2.37. The molecule has 1 aromatic carbocycles. The molecule has 19 heavy (non-hydrogen) atoms. The van der Waals surface area contributed by atoms with E-state index in [9.17, 15) is 0 Å². The Morgan fingerprint density at radius 1 is 1.26 bits per heavy atom. The molecule has 3 N–H and O–H groups in total. The summed E-state index contributed by atoms with van der Waals surface area (Å²) in [6, 6.07) is 4.12. The van der Waals surface area contributed by atoms with E-state index in [1.807, 2.05) is 12.3 Å². The van der Waals surface area contributed by atoms with Crippen LogP contribution in [0.2, 0.25) is 0 Å². The third-order valence-electron chi connectivity index (χ3n) is 3.94. The van der Waals surface area contributed by atoms with E-state index in [4.69, 9.17) is 5.73 Å². The largest absolute Gasteiger partial charge is 0.397 e. The predicted molar refractivity (Wildman–Crippen MR) is 82.5 cm³/mol. The molecule has 0 fully saturated rings. The highest BCUT2D eigenvalue weighted by Gasteiger charge is 2.14. The van der Waals surface area contributed by atoms with Gasteiger partial charge in [0.25, 0.3) is 0 Å². The molecule has 0 saturated heterocycles. The van der Waals surface area contributed by atoms with Crippen molar-refractivity contribution in [1.82, 2.24) is 10.2 Å². The highest BCUT2D eigenvalue weighted by atomic mass is 15.1. The number of H-pyrrole nitrogens is 1. The molecule has 2 aromatic rings.